The molecule has 0 amide bonds. The molecule has 14 heavy (non-hydrogen) atoms. The zero-order valence-corrected chi connectivity index (χ0v) is 8.49. The molecular formula is C9H11NO3S. The first-order valence-electron chi connectivity index (χ1n) is 4.38. The highest BCUT2D eigenvalue weighted by Gasteiger charge is 2.28. The van der Waals surface area contributed by atoms with Crippen LogP contribution in [0.1, 0.15) is 6.92 Å². The van der Waals surface area contributed by atoms with Gasteiger partial charge < -0.3 is 19.5 Å². The summed E-state index contributed by atoms with van der Waals surface area (Å²) in [5.74, 6) is 0. The number of ether oxygens (including phenoxy) is 3. The molecule has 0 aromatic heterocycles. The van der Waals surface area contributed by atoms with Gasteiger partial charge in [0, 0.05) is 18.4 Å². The number of hydrogen-bond acceptors (Lipinski definition) is 5. The average Bonchev–Trinajstić information content (AvgIpc) is 2.72. The second kappa shape index (κ2) is 3.88. The van der Waals surface area contributed by atoms with Crippen molar-refractivity contribution in [2.75, 3.05) is 0 Å². The van der Waals surface area contributed by atoms with Crippen molar-refractivity contribution in [2.24, 2.45) is 0 Å². The van der Waals surface area contributed by atoms with Crippen molar-refractivity contribution in [3.05, 3.63) is 24.6 Å². The molecule has 2 rings (SSSR count). The number of thiocarbonyl (C=S) groups is 1. The Morgan fingerprint density at radius 2 is 2.29 bits per heavy atom. The van der Waals surface area contributed by atoms with E-state index >= 15 is 0 Å². The molecule has 0 aliphatic carbocycles. The van der Waals surface area contributed by atoms with E-state index in [9.17, 15) is 0 Å². The minimum Gasteiger partial charge on any atom is -0.473 e. The molecule has 0 aromatic rings. The average molecular weight is 213 g/mol. The number of hydrogen-bond donors (Lipinski definition) is 1. The third kappa shape index (κ3) is 1.98. The summed E-state index contributed by atoms with van der Waals surface area (Å²) in [6.45, 7) is 1.91. The maximum Gasteiger partial charge on any atom is 0.353 e. The van der Waals surface area contributed by atoms with Crippen LogP contribution in [0, 0.1) is 0 Å². The lowest BCUT2D eigenvalue weighted by atomic mass is 10.2. The molecule has 3 unspecified atom stereocenters. The molecule has 4 nitrogen and oxygen atoms in total. The second-order valence-corrected chi connectivity index (χ2v) is 3.40. The van der Waals surface area contributed by atoms with E-state index in [2.05, 4.69) is 5.32 Å². The highest BCUT2D eigenvalue weighted by Crippen LogP contribution is 2.16. The Labute approximate surface area is 87.5 Å². The van der Waals surface area contributed by atoms with Crippen LogP contribution in [-0.2, 0) is 14.2 Å². The lowest BCUT2D eigenvalue weighted by Gasteiger charge is -2.08. The fraction of sp³-hybridized carbons (Fsp3) is 0.444. The van der Waals surface area contributed by atoms with Crippen LogP contribution in [0.2, 0.25) is 0 Å². The Balaban J connectivity index is 1.87. The van der Waals surface area contributed by atoms with E-state index in [4.69, 9.17) is 26.4 Å². The molecule has 1 N–H and O–H groups in total. The third-order valence-corrected chi connectivity index (χ3v) is 2.20. The minimum absolute atomic E-state index is 0.0342. The van der Waals surface area contributed by atoms with Gasteiger partial charge >= 0.3 is 5.24 Å². The summed E-state index contributed by atoms with van der Waals surface area (Å²) in [5.41, 5.74) is 0. The lowest BCUT2D eigenvalue weighted by molar-refractivity contribution is 0.188. The van der Waals surface area contributed by atoms with Crippen molar-refractivity contribution >= 4 is 17.5 Å². The van der Waals surface area contributed by atoms with Crippen LogP contribution in [0.15, 0.2) is 24.6 Å². The van der Waals surface area contributed by atoms with Crippen LogP contribution in [-0.4, -0.2) is 23.7 Å². The van der Waals surface area contributed by atoms with Crippen molar-refractivity contribution in [2.45, 2.75) is 25.4 Å². The normalized spacial score (nSPS) is 35.2. The smallest absolute Gasteiger partial charge is 0.353 e. The summed E-state index contributed by atoms with van der Waals surface area (Å²) in [6.07, 6.45) is 6.85. The van der Waals surface area contributed by atoms with Crippen LogP contribution in [0.5, 0.6) is 0 Å². The summed E-state index contributed by atoms with van der Waals surface area (Å²) >= 11 is 4.78. The maximum atomic E-state index is 5.25. The van der Waals surface area contributed by atoms with Gasteiger partial charge in [0.25, 0.3) is 0 Å². The van der Waals surface area contributed by atoms with E-state index in [0.29, 0.717) is 0 Å². The van der Waals surface area contributed by atoms with Gasteiger partial charge in [0.2, 0.25) is 0 Å². The summed E-state index contributed by atoms with van der Waals surface area (Å²) in [4.78, 5) is 0. The van der Waals surface area contributed by atoms with Crippen LogP contribution in [0.25, 0.3) is 0 Å². The van der Waals surface area contributed by atoms with Gasteiger partial charge in [-0.05, 0) is 19.1 Å². The van der Waals surface area contributed by atoms with Crippen LogP contribution >= 0.6 is 12.2 Å². The Bertz CT molecular complexity index is 282. The molecule has 5 heteroatoms. The Hall–Kier alpha value is -1.23. The summed E-state index contributed by atoms with van der Waals surface area (Å²) < 4.78 is 15.6. The van der Waals surface area contributed by atoms with Crippen LogP contribution in [0.4, 0.5) is 0 Å². The lowest BCUT2D eigenvalue weighted by Crippen LogP contribution is -2.21. The zero-order valence-electron chi connectivity index (χ0n) is 7.67. The van der Waals surface area contributed by atoms with Crippen molar-refractivity contribution < 1.29 is 14.2 Å². The van der Waals surface area contributed by atoms with Crippen LogP contribution in [0.3, 0.4) is 0 Å². The molecule has 0 spiro atoms. The van der Waals surface area contributed by atoms with E-state index in [1.807, 2.05) is 19.1 Å². The van der Waals surface area contributed by atoms with Gasteiger partial charge in [-0.15, -0.1) is 0 Å². The van der Waals surface area contributed by atoms with Gasteiger partial charge in [0.15, 0.2) is 12.3 Å². The fourth-order valence-corrected chi connectivity index (χ4v) is 1.52. The molecule has 2 aliphatic heterocycles. The van der Waals surface area contributed by atoms with E-state index in [-0.39, 0.29) is 23.7 Å². The summed E-state index contributed by atoms with van der Waals surface area (Å²) in [6, 6.07) is 0. The molecule has 0 saturated carbocycles. The van der Waals surface area contributed by atoms with Crippen molar-refractivity contribution in [3.8, 4) is 0 Å². The molecular weight excluding hydrogens is 202 g/mol. The van der Waals surface area contributed by atoms with Gasteiger partial charge in [0.05, 0.1) is 0 Å². The van der Waals surface area contributed by atoms with Crippen molar-refractivity contribution in [1.82, 2.24) is 5.32 Å². The Kier molecular flexibility index (Phi) is 2.58. The van der Waals surface area contributed by atoms with Gasteiger partial charge in [-0.3, -0.25) is 0 Å². The highest BCUT2D eigenvalue weighted by atomic mass is 32.1. The SMILES string of the molecule is CC1OC(=S)OC1/C=C/C1NC=CO1. The first-order chi connectivity index (χ1) is 6.75. The first-order valence-corrected chi connectivity index (χ1v) is 4.78. The largest absolute Gasteiger partial charge is 0.473 e. The second-order valence-electron chi connectivity index (χ2n) is 3.07. The van der Waals surface area contributed by atoms with Gasteiger partial charge in [-0.25, -0.2) is 0 Å². The predicted octanol–water partition coefficient (Wildman–Crippen LogP) is 1.05. The van der Waals surface area contributed by atoms with E-state index < -0.39 is 0 Å². The molecule has 0 bridgehead atoms. The Morgan fingerprint density at radius 3 is 2.86 bits per heavy atom. The fourth-order valence-electron chi connectivity index (χ4n) is 1.26. The van der Waals surface area contributed by atoms with Gasteiger partial charge in [-0.1, -0.05) is 0 Å². The van der Waals surface area contributed by atoms with E-state index in [1.165, 1.54) is 0 Å². The van der Waals surface area contributed by atoms with Crippen LogP contribution < -0.4 is 5.32 Å². The third-order valence-electron chi connectivity index (χ3n) is 2.01. The monoisotopic (exact) mass is 213 g/mol. The molecule has 76 valence electrons. The molecule has 3 atom stereocenters. The molecule has 0 radical (unpaired) electrons. The summed E-state index contributed by atoms with van der Waals surface area (Å²) in [7, 11) is 0. The van der Waals surface area contributed by atoms with E-state index in [0.717, 1.165) is 0 Å². The van der Waals surface area contributed by atoms with Gasteiger partial charge in [-0.2, -0.15) is 0 Å². The highest BCUT2D eigenvalue weighted by molar-refractivity contribution is 7.79. The van der Waals surface area contributed by atoms with Gasteiger partial charge in [0.1, 0.15) is 12.4 Å². The summed E-state index contributed by atoms with van der Waals surface area (Å²) in [5, 5.41) is 3.20. The standard InChI is InChI=1S/C9H11NO3S/c1-6-7(13-9(14)12-6)2-3-8-10-4-5-11-8/h2-8,10H,1H3/b3-2+. The minimum atomic E-state index is -0.117. The molecule has 1 fully saturated rings. The van der Waals surface area contributed by atoms with Crippen molar-refractivity contribution in [3.63, 3.8) is 0 Å². The zero-order chi connectivity index (χ0) is 9.97. The number of nitrogens with one attached hydrogen (secondary N) is 1. The molecule has 0 aromatic carbocycles. The predicted molar refractivity (Wildman–Crippen MR) is 54.3 cm³/mol. The van der Waals surface area contributed by atoms with Crippen molar-refractivity contribution in [1.29, 1.82) is 0 Å². The number of rotatable bonds is 2. The Morgan fingerprint density at radius 1 is 1.43 bits per heavy atom. The molecule has 2 heterocycles. The maximum absolute atomic E-state index is 5.25. The first kappa shape index (κ1) is 9.33. The molecule has 2 aliphatic rings. The topological polar surface area (TPSA) is 39.7 Å². The van der Waals surface area contributed by atoms with E-state index in [1.54, 1.807) is 12.5 Å². The molecule has 1 saturated heterocycles. The quantitative estimate of drug-likeness (QED) is 0.548.